The third-order valence-electron chi connectivity index (χ3n) is 4.86. The molecule has 0 radical (unpaired) electrons. The van der Waals surface area contributed by atoms with E-state index in [1.54, 1.807) is 18.4 Å². The summed E-state index contributed by atoms with van der Waals surface area (Å²) in [5.41, 5.74) is 7.11. The van der Waals surface area contributed by atoms with Gasteiger partial charge in [0.2, 0.25) is 0 Å². The molecule has 2 heteroatoms. The molecule has 0 N–H and O–H groups in total. The molecular weight excluding hydrogens is 312 g/mol. The maximum absolute atomic E-state index is 12.0. The molecule has 24 heavy (non-hydrogen) atoms. The minimum atomic E-state index is -1.10. The summed E-state index contributed by atoms with van der Waals surface area (Å²) in [6, 6.07) is 15.0. The molecule has 2 aromatic rings. The average Bonchev–Trinajstić information content (AvgIpc) is 2.80. The molecule has 0 saturated carbocycles. The molecule has 0 aromatic heterocycles. The summed E-state index contributed by atoms with van der Waals surface area (Å²) >= 11 is 0. The summed E-state index contributed by atoms with van der Waals surface area (Å²) < 4.78 is 12.0. The van der Waals surface area contributed by atoms with Crippen molar-refractivity contribution in [2.45, 2.75) is 19.3 Å². The second-order valence-corrected chi connectivity index (χ2v) is 7.92. The Morgan fingerprint density at radius 2 is 1.67 bits per heavy atom. The molecule has 1 nitrogen and oxygen atoms in total. The third kappa shape index (κ3) is 2.42. The van der Waals surface area contributed by atoms with Gasteiger partial charge in [-0.05, 0) is 39.5 Å². The van der Waals surface area contributed by atoms with Gasteiger partial charge in [-0.2, -0.15) is 0 Å². The van der Waals surface area contributed by atoms with Crippen LogP contribution in [0.4, 0.5) is 0 Å². The van der Waals surface area contributed by atoms with E-state index < -0.39 is 10.8 Å². The van der Waals surface area contributed by atoms with Crippen LogP contribution in [-0.2, 0) is 16.2 Å². The first kappa shape index (κ1) is 16.7. The standard InChI is InChI=1S/C22H22OS/c1-6-16(21(7-2)24(5)23)15-12-13-18-17-10-8-9-11-19(17)22(3,4)20(18)14-15/h6-14H,1-2H2,3-5H3/b21-16-. The highest BCUT2D eigenvalue weighted by atomic mass is 32.2. The van der Waals surface area contributed by atoms with Crippen molar-refractivity contribution in [3.05, 3.63) is 89.4 Å². The smallest absolute Gasteiger partial charge is 0.0504 e. The normalized spacial score (nSPS) is 16.6. The highest BCUT2D eigenvalue weighted by Gasteiger charge is 2.35. The van der Waals surface area contributed by atoms with Crippen molar-refractivity contribution in [1.29, 1.82) is 0 Å². The van der Waals surface area contributed by atoms with Crippen molar-refractivity contribution >= 4 is 16.4 Å². The zero-order valence-corrected chi connectivity index (χ0v) is 15.2. The molecule has 2 aromatic carbocycles. The molecule has 0 heterocycles. The van der Waals surface area contributed by atoms with Crippen LogP contribution in [0.1, 0.15) is 30.5 Å². The zero-order valence-electron chi connectivity index (χ0n) is 14.4. The lowest BCUT2D eigenvalue weighted by atomic mass is 9.81. The van der Waals surface area contributed by atoms with Gasteiger partial charge in [0.15, 0.2) is 0 Å². The van der Waals surface area contributed by atoms with Crippen molar-refractivity contribution < 1.29 is 4.21 Å². The van der Waals surface area contributed by atoms with Crippen molar-refractivity contribution in [1.82, 2.24) is 0 Å². The fourth-order valence-corrected chi connectivity index (χ4v) is 4.36. The molecule has 1 atom stereocenters. The van der Waals surface area contributed by atoms with E-state index in [0.29, 0.717) is 0 Å². The quantitative estimate of drug-likeness (QED) is 0.679. The van der Waals surface area contributed by atoms with Crippen LogP contribution in [0.3, 0.4) is 0 Å². The van der Waals surface area contributed by atoms with Crippen LogP contribution in [0.15, 0.2) is 72.7 Å². The molecule has 0 bridgehead atoms. The van der Waals surface area contributed by atoms with Crippen LogP contribution in [0, 0.1) is 0 Å². The van der Waals surface area contributed by atoms with Gasteiger partial charge >= 0.3 is 0 Å². The second-order valence-electron chi connectivity index (χ2n) is 6.57. The van der Waals surface area contributed by atoms with E-state index in [2.05, 4.69) is 69.5 Å². The molecule has 0 fully saturated rings. The number of rotatable bonds is 4. The average molecular weight is 334 g/mol. The summed E-state index contributed by atoms with van der Waals surface area (Å²) in [4.78, 5) is 0.721. The molecule has 0 saturated heterocycles. The van der Waals surface area contributed by atoms with Crippen LogP contribution in [-0.4, -0.2) is 10.5 Å². The number of allylic oxidation sites excluding steroid dienone is 3. The fourth-order valence-electron chi connectivity index (χ4n) is 3.61. The van der Waals surface area contributed by atoms with E-state index in [4.69, 9.17) is 0 Å². The first-order valence-electron chi connectivity index (χ1n) is 7.99. The Hall–Kier alpha value is -2.19. The van der Waals surface area contributed by atoms with Crippen LogP contribution in [0.25, 0.3) is 16.7 Å². The molecule has 1 aliphatic rings. The Morgan fingerprint density at radius 1 is 1.00 bits per heavy atom. The monoisotopic (exact) mass is 334 g/mol. The van der Waals surface area contributed by atoms with Crippen LogP contribution < -0.4 is 0 Å². The molecule has 0 aliphatic heterocycles. The minimum Gasteiger partial charge on any atom is -0.255 e. The molecule has 122 valence electrons. The maximum Gasteiger partial charge on any atom is 0.0504 e. The maximum atomic E-state index is 12.0. The lowest BCUT2D eigenvalue weighted by molar-refractivity contribution is 0.660. The lowest BCUT2D eigenvalue weighted by Crippen LogP contribution is -2.15. The van der Waals surface area contributed by atoms with Gasteiger partial charge in [-0.1, -0.05) is 75.6 Å². The van der Waals surface area contributed by atoms with Crippen molar-refractivity contribution in [3.8, 4) is 11.1 Å². The number of benzene rings is 2. The van der Waals surface area contributed by atoms with Crippen LogP contribution >= 0.6 is 0 Å². The second kappa shape index (κ2) is 6.03. The van der Waals surface area contributed by atoms with Gasteiger partial charge in [-0.25, -0.2) is 0 Å². The van der Waals surface area contributed by atoms with Crippen LogP contribution in [0.2, 0.25) is 0 Å². The highest BCUT2D eigenvalue weighted by Crippen LogP contribution is 2.49. The van der Waals surface area contributed by atoms with Crippen LogP contribution in [0.5, 0.6) is 0 Å². The molecule has 0 spiro atoms. The van der Waals surface area contributed by atoms with Gasteiger partial charge in [-0.15, -0.1) is 0 Å². The SMILES string of the molecule is C=C/C(=C(\C=C)S(C)=O)c1ccc2c(c1)C(C)(C)c1ccccc1-2. The van der Waals surface area contributed by atoms with Gasteiger partial charge in [0, 0.05) is 16.6 Å². The lowest BCUT2D eigenvalue weighted by Gasteiger charge is -2.22. The number of hydrogen-bond donors (Lipinski definition) is 0. The first-order valence-corrected chi connectivity index (χ1v) is 9.55. The van der Waals surface area contributed by atoms with Crippen molar-refractivity contribution in [3.63, 3.8) is 0 Å². The molecule has 1 aliphatic carbocycles. The van der Waals surface area contributed by atoms with Gasteiger partial charge in [-0.3, -0.25) is 4.21 Å². The van der Waals surface area contributed by atoms with Gasteiger partial charge in [0.05, 0.1) is 10.8 Å². The Bertz CT molecular complexity index is 900. The summed E-state index contributed by atoms with van der Waals surface area (Å²) in [7, 11) is -1.10. The molecule has 0 amide bonds. The van der Waals surface area contributed by atoms with E-state index >= 15 is 0 Å². The summed E-state index contributed by atoms with van der Waals surface area (Å²) in [5.74, 6) is 0. The van der Waals surface area contributed by atoms with E-state index in [1.807, 2.05) is 0 Å². The fraction of sp³-hybridized carbons (Fsp3) is 0.182. The predicted octanol–water partition coefficient (Wildman–Crippen LogP) is 5.45. The largest absolute Gasteiger partial charge is 0.255 e. The van der Waals surface area contributed by atoms with E-state index in [0.717, 1.165) is 16.0 Å². The predicted molar refractivity (Wildman–Crippen MR) is 105 cm³/mol. The van der Waals surface area contributed by atoms with Crippen molar-refractivity contribution in [2.24, 2.45) is 0 Å². The summed E-state index contributed by atoms with van der Waals surface area (Å²) in [6.45, 7) is 12.2. The topological polar surface area (TPSA) is 17.1 Å². The Morgan fingerprint density at radius 3 is 2.29 bits per heavy atom. The van der Waals surface area contributed by atoms with E-state index in [9.17, 15) is 4.21 Å². The van der Waals surface area contributed by atoms with Gasteiger partial charge < -0.3 is 0 Å². The summed E-state index contributed by atoms with van der Waals surface area (Å²) in [5, 5.41) is 0. The van der Waals surface area contributed by atoms with E-state index in [-0.39, 0.29) is 5.41 Å². The Labute approximate surface area is 146 Å². The first-order chi connectivity index (χ1) is 11.4. The third-order valence-corrected chi connectivity index (χ3v) is 5.87. The number of fused-ring (bicyclic) bond motifs is 3. The minimum absolute atomic E-state index is 0.0477. The van der Waals surface area contributed by atoms with E-state index in [1.165, 1.54) is 22.3 Å². The van der Waals surface area contributed by atoms with Gasteiger partial charge in [0.1, 0.15) is 0 Å². The Kier molecular flexibility index (Phi) is 4.18. The Balaban J connectivity index is 2.25. The molecular formula is C22H22OS. The number of hydrogen-bond acceptors (Lipinski definition) is 1. The van der Waals surface area contributed by atoms with Crippen molar-refractivity contribution in [2.75, 3.05) is 6.26 Å². The van der Waals surface area contributed by atoms with Gasteiger partial charge in [0.25, 0.3) is 0 Å². The molecule has 1 unspecified atom stereocenters. The molecule has 3 rings (SSSR count). The summed E-state index contributed by atoms with van der Waals surface area (Å²) in [6.07, 6.45) is 5.11. The highest BCUT2D eigenvalue weighted by molar-refractivity contribution is 7.88. The zero-order chi connectivity index (χ0) is 17.5.